The van der Waals surface area contributed by atoms with Crippen LogP contribution in [0.1, 0.15) is 37.8 Å². The molecular formula is C13H17N3. The summed E-state index contributed by atoms with van der Waals surface area (Å²) in [6.45, 7) is 2.13. The maximum absolute atomic E-state index is 9.02. The van der Waals surface area contributed by atoms with E-state index < -0.39 is 0 Å². The Labute approximate surface area is 96.5 Å². The molecule has 0 saturated heterocycles. The minimum atomic E-state index is 0.180. The third kappa shape index (κ3) is 2.40. The molecule has 84 valence electrons. The van der Waals surface area contributed by atoms with Crippen LogP contribution in [-0.4, -0.2) is 11.0 Å². The standard InChI is InChI=1S/C13H17N3/c1-10(12-5-3-7-15-9-12)16-13-6-2-4-11(13)8-14/h3,5,7,9-11,13,16H,2,4,6H2,1H3. The van der Waals surface area contributed by atoms with Crippen LogP contribution in [0.2, 0.25) is 0 Å². The van der Waals surface area contributed by atoms with Crippen LogP contribution in [0.15, 0.2) is 24.5 Å². The summed E-state index contributed by atoms with van der Waals surface area (Å²) in [6, 6.07) is 7.03. The Morgan fingerprint density at radius 1 is 1.56 bits per heavy atom. The molecule has 3 atom stereocenters. The van der Waals surface area contributed by atoms with Crippen LogP contribution < -0.4 is 5.32 Å². The second-order valence-electron chi connectivity index (χ2n) is 4.45. The van der Waals surface area contributed by atoms with E-state index in [1.165, 1.54) is 5.56 Å². The second-order valence-corrected chi connectivity index (χ2v) is 4.45. The molecule has 0 aliphatic heterocycles. The zero-order chi connectivity index (χ0) is 11.4. The number of nitrogens with zero attached hydrogens (tertiary/aromatic N) is 2. The second kappa shape index (κ2) is 5.09. The van der Waals surface area contributed by atoms with Crippen molar-refractivity contribution in [1.29, 1.82) is 5.26 Å². The summed E-state index contributed by atoms with van der Waals surface area (Å²) in [5.41, 5.74) is 1.19. The van der Waals surface area contributed by atoms with Gasteiger partial charge in [-0.15, -0.1) is 0 Å². The van der Waals surface area contributed by atoms with Crippen molar-refractivity contribution < 1.29 is 0 Å². The molecule has 0 bridgehead atoms. The lowest BCUT2D eigenvalue weighted by atomic mass is 10.0. The lowest BCUT2D eigenvalue weighted by Gasteiger charge is -2.21. The van der Waals surface area contributed by atoms with Gasteiger partial charge in [0.25, 0.3) is 0 Å². The van der Waals surface area contributed by atoms with Crippen LogP contribution in [0.3, 0.4) is 0 Å². The summed E-state index contributed by atoms with van der Waals surface area (Å²) in [5, 5.41) is 12.6. The number of hydrogen-bond acceptors (Lipinski definition) is 3. The summed E-state index contributed by atoms with van der Waals surface area (Å²) < 4.78 is 0. The molecule has 0 radical (unpaired) electrons. The van der Waals surface area contributed by atoms with Crippen LogP contribution >= 0.6 is 0 Å². The van der Waals surface area contributed by atoms with Crippen molar-refractivity contribution in [3.63, 3.8) is 0 Å². The fraction of sp³-hybridized carbons (Fsp3) is 0.538. The third-order valence-corrected chi connectivity index (χ3v) is 3.33. The van der Waals surface area contributed by atoms with Crippen molar-refractivity contribution in [1.82, 2.24) is 10.3 Å². The highest BCUT2D eigenvalue weighted by Gasteiger charge is 2.28. The molecule has 1 aromatic heterocycles. The van der Waals surface area contributed by atoms with Crippen LogP contribution in [0.5, 0.6) is 0 Å². The van der Waals surface area contributed by atoms with Crippen molar-refractivity contribution in [3.05, 3.63) is 30.1 Å². The monoisotopic (exact) mass is 215 g/mol. The smallest absolute Gasteiger partial charge is 0.0672 e. The van der Waals surface area contributed by atoms with Gasteiger partial charge < -0.3 is 5.32 Å². The van der Waals surface area contributed by atoms with Gasteiger partial charge in [0.2, 0.25) is 0 Å². The van der Waals surface area contributed by atoms with Crippen molar-refractivity contribution >= 4 is 0 Å². The molecule has 0 aromatic carbocycles. The van der Waals surface area contributed by atoms with Gasteiger partial charge >= 0.3 is 0 Å². The van der Waals surface area contributed by atoms with Crippen LogP contribution in [0, 0.1) is 17.2 Å². The van der Waals surface area contributed by atoms with Gasteiger partial charge in [0, 0.05) is 24.5 Å². The topological polar surface area (TPSA) is 48.7 Å². The molecule has 3 nitrogen and oxygen atoms in total. The highest BCUT2D eigenvalue weighted by molar-refractivity contribution is 5.13. The van der Waals surface area contributed by atoms with Gasteiger partial charge in [-0.05, 0) is 31.4 Å². The summed E-state index contributed by atoms with van der Waals surface area (Å²) >= 11 is 0. The Kier molecular flexibility index (Phi) is 3.53. The average molecular weight is 215 g/mol. The van der Waals surface area contributed by atoms with Crippen LogP contribution in [0.25, 0.3) is 0 Å². The van der Waals surface area contributed by atoms with E-state index in [0.29, 0.717) is 6.04 Å². The molecule has 0 spiro atoms. The Morgan fingerprint density at radius 2 is 2.44 bits per heavy atom. The van der Waals surface area contributed by atoms with Crippen molar-refractivity contribution in [2.75, 3.05) is 0 Å². The first-order chi connectivity index (χ1) is 7.81. The number of pyridine rings is 1. The van der Waals surface area contributed by atoms with Gasteiger partial charge in [0.1, 0.15) is 0 Å². The van der Waals surface area contributed by atoms with Crippen molar-refractivity contribution in [2.45, 2.75) is 38.3 Å². The van der Waals surface area contributed by atoms with E-state index in [4.69, 9.17) is 5.26 Å². The predicted octanol–water partition coefficient (Wildman–Crippen LogP) is 2.42. The fourth-order valence-electron chi connectivity index (χ4n) is 2.36. The van der Waals surface area contributed by atoms with E-state index in [0.717, 1.165) is 19.3 Å². The number of nitriles is 1. The first-order valence-corrected chi connectivity index (χ1v) is 5.87. The maximum atomic E-state index is 9.02. The predicted molar refractivity (Wildman–Crippen MR) is 62.5 cm³/mol. The number of rotatable bonds is 3. The van der Waals surface area contributed by atoms with E-state index in [-0.39, 0.29) is 12.0 Å². The maximum Gasteiger partial charge on any atom is 0.0672 e. The Balaban J connectivity index is 1.98. The molecule has 3 heteroatoms. The quantitative estimate of drug-likeness (QED) is 0.842. The normalized spacial score (nSPS) is 26.2. The van der Waals surface area contributed by atoms with Gasteiger partial charge in [-0.1, -0.05) is 12.5 Å². The molecule has 1 N–H and O–H groups in total. The van der Waals surface area contributed by atoms with Crippen molar-refractivity contribution in [3.8, 4) is 6.07 Å². The summed E-state index contributed by atoms with van der Waals surface area (Å²) in [6.07, 6.45) is 6.98. The highest BCUT2D eigenvalue weighted by Crippen LogP contribution is 2.27. The molecule has 1 heterocycles. The number of nitrogens with one attached hydrogen (secondary N) is 1. The zero-order valence-electron chi connectivity index (χ0n) is 9.56. The molecule has 1 fully saturated rings. The summed E-state index contributed by atoms with van der Waals surface area (Å²) in [5.74, 6) is 0.180. The van der Waals surface area contributed by atoms with Gasteiger partial charge in [-0.25, -0.2) is 0 Å². The molecule has 1 aliphatic carbocycles. The fourth-order valence-corrected chi connectivity index (χ4v) is 2.36. The summed E-state index contributed by atoms with van der Waals surface area (Å²) in [7, 11) is 0. The molecule has 16 heavy (non-hydrogen) atoms. The van der Waals surface area contributed by atoms with E-state index in [1.54, 1.807) is 6.20 Å². The lowest BCUT2D eigenvalue weighted by molar-refractivity contribution is 0.417. The Hall–Kier alpha value is -1.40. The van der Waals surface area contributed by atoms with Gasteiger partial charge in [-0.2, -0.15) is 5.26 Å². The van der Waals surface area contributed by atoms with E-state index in [2.05, 4.69) is 29.4 Å². The minimum absolute atomic E-state index is 0.180. The minimum Gasteiger partial charge on any atom is -0.306 e. The van der Waals surface area contributed by atoms with Crippen LogP contribution in [-0.2, 0) is 0 Å². The van der Waals surface area contributed by atoms with E-state index in [1.807, 2.05) is 12.3 Å². The van der Waals surface area contributed by atoms with Gasteiger partial charge in [0.15, 0.2) is 0 Å². The molecule has 3 unspecified atom stereocenters. The summed E-state index contributed by atoms with van der Waals surface area (Å²) in [4.78, 5) is 4.11. The molecule has 0 amide bonds. The van der Waals surface area contributed by atoms with E-state index in [9.17, 15) is 0 Å². The number of aromatic nitrogens is 1. The third-order valence-electron chi connectivity index (χ3n) is 3.33. The molecule has 2 rings (SSSR count). The molecular weight excluding hydrogens is 198 g/mol. The van der Waals surface area contributed by atoms with Crippen molar-refractivity contribution in [2.24, 2.45) is 5.92 Å². The lowest BCUT2D eigenvalue weighted by Crippen LogP contribution is -2.33. The van der Waals surface area contributed by atoms with Gasteiger partial charge in [0.05, 0.1) is 12.0 Å². The number of hydrogen-bond donors (Lipinski definition) is 1. The zero-order valence-corrected chi connectivity index (χ0v) is 9.56. The Morgan fingerprint density at radius 3 is 3.12 bits per heavy atom. The molecule has 1 saturated carbocycles. The first-order valence-electron chi connectivity index (χ1n) is 5.87. The van der Waals surface area contributed by atoms with Gasteiger partial charge in [-0.3, -0.25) is 4.98 Å². The van der Waals surface area contributed by atoms with E-state index >= 15 is 0 Å². The SMILES string of the molecule is CC(NC1CCCC1C#N)c1cccnc1. The molecule has 1 aromatic rings. The van der Waals surface area contributed by atoms with Crippen LogP contribution in [0.4, 0.5) is 0 Å². The molecule has 1 aliphatic rings. The average Bonchev–Trinajstić information content (AvgIpc) is 2.77. The first kappa shape index (κ1) is 11.1. The largest absolute Gasteiger partial charge is 0.306 e. The highest BCUT2D eigenvalue weighted by atomic mass is 15.0. The Bertz CT molecular complexity index is 369.